The number of imidazole rings is 1. The van der Waals surface area contributed by atoms with Crippen LogP contribution >= 0.6 is 0 Å². The van der Waals surface area contributed by atoms with Crippen LogP contribution in [0.5, 0.6) is 0 Å². The van der Waals surface area contributed by atoms with Gasteiger partial charge < -0.3 is 16.4 Å². The van der Waals surface area contributed by atoms with Gasteiger partial charge in [-0.05, 0) is 63.4 Å². The number of benzene rings is 2. The molecule has 0 unspecified atom stereocenters. The van der Waals surface area contributed by atoms with E-state index in [-0.39, 0.29) is 41.2 Å². The number of carbonyl (C=O) groups is 3. The Morgan fingerprint density at radius 1 is 1.03 bits per heavy atom. The van der Waals surface area contributed by atoms with Crippen molar-refractivity contribution in [2.45, 2.75) is 45.7 Å². The molecule has 0 spiro atoms. The number of anilines is 1. The molecule has 3 aromatic rings. The second-order valence-electron chi connectivity index (χ2n) is 8.64. The van der Waals surface area contributed by atoms with Crippen LogP contribution in [0.4, 0.5) is 5.82 Å². The van der Waals surface area contributed by atoms with E-state index in [1.807, 2.05) is 26.8 Å². The normalized spacial score (nSPS) is 13.1. The first kappa shape index (κ1) is 22.3. The van der Waals surface area contributed by atoms with Crippen molar-refractivity contribution in [1.82, 2.24) is 20.2 Å². The topological polar surface area (TPSA) is 119 Å². The van der Waals surface area contributed by atoms with Crippen molar-refractivity contribution < 1.29 is 14.4 Å². The van der Waals surface area contributed by atoms with Crippen LogP contribution in [-0.2, 0) is 0 Å². The highest BCUT2D eigenvalue weighted by atomic mass is 16.2. The number of hydrogen-bond donors (Lipinski definition) is 3. The van der Waals surface area contributed by atoms with Crippen molar-refractivity contribution in [2.75, 3.05) is 5.73 Å². The molecular formula is C25H27N5O3. The summed E-state index contributed by atoms with van der Waals surface area (Å²) in [4.78, 5) is 42.2. The van der Waals surface area contributed by atoms with E-state index in [0.717, 1.165) is 18.4 Å². The first-order valence-electron chi connectivity index (χ1n) is 10.9. The number of aromatic nitrogens is 2. The molecule has 2 amide bonds. The fourth-order valence-corrected chi connectivity index (χ4v) is 3.52. The minimum Gasteiger partial charge on any atom is -0.383 e. The van der Waals surface area contributed by atoms with Gasteiger partial charge >= 0.3 is 0 Å². The number of ketones is 1. The van der Waals surface area contributed by atoms with E-state index in [9.17, 15) is 14.4 Å². The second-order valence-corrected chi connectivity index (χ2v) is 8.64. The molecule has 1 saturated carbocycles. The lowest BCUT2D eigenvalue weighted by molar-refractivity contribution is 0.0937. The summed E-state index contributed by atoms with van der Waals surface area (Å²) in [6.07, 6.45) is 3.48. The molecule has 0 aliphatic heterocycles. The highest BCUT2D eigenvalue weighted by Gasteiger charge is 2.25. The average Bonchev–Trinajstić information content (AvgIpc) is 3.52. The molecule has 0 radical (unpaired) electrons. The highest BCUT2D eigenvalue weighted by Crippen LogP contribution is 2.25. The molecule has 8 heteroatoms. The summed E-state index contributed by atoms with van der Waals surface area (Å²) in [7, 11) is 0. The van der Waals surface area contributed by atoms with Gasteiger partial charge in [0.25, 0.3) is 11.8 Å². The molecule has 1 aliphatic rings. The van der Waals surface area contributed by atoms with Crippen LogP contribution in [0.3, 0.4) is 0 Å². The first-order valence-corrected chi connectivity index (χ1v) is 10.9. The molecule has 0 saturated heterocycles. The highest BCUT2D eigenvalue weighted by molar-refractivity contribution is 6.11. The molecule has 4 rings (SSSR count). The number of nitrogens with zero attached hydrogens (tertiary/aromatic N) is 2. The van der Waals surface area contributed by atoms with Gasteiger partial charge in [0, 0.05) is 28.8 Å². The monoisotopic (exact) mass is 445 g/mol. The summed E-state index contributed by atoms with van der Waals surface area (Å²) < 4.78 is 1.60. The predicted molar refractivity (Wildman–Crippen MR) is 126 cm³/mol. The maximum Gasteiger partial charge on any atom is 0.251 e. The van der Waals surface area contributed by atoms with Gasteiger partial charge in [-0.2, -0.15) is 0 Å². The van der Waals surface area contributed by atoms with E-state index in [0.29, 0.717) is 22.4 Å². The lowest BCUT2D eigenvalue weighted by Crippen LogP contribution is -2.30. The van der Waals surface area contributed by atoms with Crippen molar-refractivity contribution >= 4 is 23.4 Å². The van der Waals surface area contributed by atoms with Crippen LogP contribution in [0, 0.1) is 6.92 Å². The summed E-state index contributed by atoms with van der Waals surface area (Å²) in [5.41, 5.74) is 9.19. The summed E-state index contributed by atoms with van der Waals surface area (Å²) in [6, 6.07) is 12.1. The Bertz CT molecular complexity index is 1240. The first-order chi connectivity index (χ1) is 15.7. The molecular weight excluding hydrogens is 418 g/mol. The number of rotatable bonds is 7. The van der Waals surface area contributed by atoms with Crippen molar-refractivity contribution in [3.63, 3.8) is 0 Å². The number of aryl methyl sites for hydroxylation is 1. The third kappa shape index (κ3) is 4.79. The third-order valence-corrected chi connectivity index (χ3v) is 5.47. The maximum atomic E-state index is 13.1. The molecule has 1 aliphatic carbocycles. The van der Waals surface area contributed by atoms with Crippen LogP contribution in [0.25, 0.3) is 5.69 Å². The summed E-state index contributed by atoms with van der Waals surface area (Å²) in [5, 5.41) is 5.78. The van der Waals surface area contributed by atoms with Crippen molar-refractivity contribution in [2.24, 2.45) is 0 Å². The summed E-state index contributed by atoms with van der Waals surface area (Å²) in [5.74, 6) is -0.606. The molecule has 1 heterocycles. The number of carbonyl (C=O) groups excluding carboxylic acids is 3. The number of hydrogen-bond acceptors (Lipinski definition) is 5. The average molecular weight is 446 g/mol. The summed E-state index contributed by atoms with van der Waals surface area (Å²) in [6.45, 7) is 5.63. The zero-order valence-corrected chi connectivity index (χ0v) is 18.9. The third-order valence-electron chi connectivity index (χ3n) is 5.47. The minimum absolute atomic E-state index is 0.0199. The van der Waals surface area contributed by atoms with E-state index in [4.69, 9.17) is 5.73 Å². The van der Waals surface area contributed by atoms with Crippen molar-refractivity contribution in [3.05, 3.63) is 76.7 Å². The van der Waals surface area contributed by atoms with Gasteiger partial charge in [0.2, 0.25) is 5.78 Å². The molecule has 1 aromatic heterocycles. The Labute approximate surface area is 192 Å². The number of nitrogens with one attached hydrogen (secondary N) is 2. The standard InChI is InChI=1S/C25H27N5O3/c1-14(2)28-24(32)17-6-4-5-16(11-17)22(31)21-23(26)30(13-27-21)20-12-18(8-7-15(20)3)25(33)29-19-9-10-19/h4-8,11-14,19H,9-10,26H2,1-3H3,(H,28,32)(H,29,33). The fourth-order valence-electron chi connectivity index (χ4n) is 3.52. The van der Waals surface area contributed by atoms with Gasteiger partial charge in [-0.1, -0.05) is 18.2 Å². The quantitative estimate of drug-likeness (QED) is 0.483. The molecule has 4 N–H and O–H groups in total. The maximum absolute atomic E-state index is 13.1. The van der Waals surface area contributed by atoms with Crippen molar-refractivity contribution in [3.8, 4) is 5.69 Å². The number of nitrogens with two attached hydrogens (primary N) is 1. The Balaban J connectivity index is 1.63. The summed E-state index contributed by atoms with van der Waals surface area (Å²) >= 11 is 0. The fraction of sp³-hybridized carbons (Fsp3) is 0.280. The van der Waals surface area contributed by atoms with E-state index in [1.165, 1.54) is 12.4 Å². The van der Waals surface area contributed by atoms with E-state index in [1.54, 1.807) is 34.9 Å². The molecule has 2 aromatic carbocycles. The molecule has 33 heavy (non-hydrogen) atoms. The SMILES string of the molecule is Cc1ccc(C(=O)NC2CC2)cc1-n1cnc(C(=O)c2cccc(C(=O)NC(C)C)c2)c1N. The molecule has 1 fully saturated rings. The Morgan fingerprint density at radius 2 is 1.73 bits per heavy atom. The lowest BCUT2D eigenvalue weighted by Gasteiger charge is -2.12. The van der Waals surface area contributed by atoms with Crippen LogP contribution in [0.2, 0.25) is 0 Å². The van der Waals surface area contributed by atoms with Crippen LogP contribution in [-0.4, -0.2) is 39.2 Å². The lowest BCUT2D eigenvalue weighted by atomic mass is 10.0. The van der Waals surface area contributed by atoms with E-state index < -0.39 is 0 Å². The molecule has 8 nitrogen and oxygen atoms in total. The minimum atomic E-state index is -0.384. The second kappa shape index (κ2) is 8.90. The van der Waals surface area contributed by atoms with Crippen LogP contribution < -0.4 is 16.4 Å². The Morgan fingerprint density at radius 3 is 2.42 bits per heavy atom. The molecule has 0 bridgehead atoms. The van der Waals surface area contributed by atoms with Gasteiger partial charge in [0.15, 0.2) is 5.69 Å². The largest absolute Gasteiger partial charge is 0.383 e. The van der Waals surface area contributed by atoms with E-state index in [2.05, 4.69) is 15.6 Å². The number of nitrogen functional groups attached to an aromatic ring is 1. The predicted octanol–water partition coefficient (Wildman–Crippen LogP) is 3.02. The zero-order valence-electron chi connectivity index (χ0n) is 18.9. The van der Waals surface area contributed by atoms with Gasteiger partial charge in [-0.15, -0.1) is 0 Å². The number of amides is 2. The van der Waals surface area contributed by atoms with Gasteiger partial charge in [-0.25, -0.2) is 4.98 Å². The van der Waals surface area contributed by atoms with Crippen LogP contribution in [0.15, 0.2) is 48.8 Å². The van der Waals surface area contributed by atoms with Gasteiger partial charge in [0.05, 0.1) is 5.69 Å². The van der Waals surface area contributed by atoms with Gasteiger partial charge in [0.1, 0.15) is 12.1 Å². The molecule has 0 atom stereocenters. The zero-order chi connectivity index (χ0) is 23.7. The van der Waals surface area contributed by atoms with Crippen LogP contribution in [0.1, 0.15) is 69.0 Å². The van der Waals surface area contributed by atoms with Crippen molar-refractivity contribution in [1.29, 1.82) is 0 Å². The smallest absolute Gasteiger partial charge is 0.251 e. The van der Waals surface area contributed by atoms with Gasteiger partial charge in [-0.3, -0.25) is 19.0 Å². The Kier molecular flexibility index (Phi) is 6.00. The molecule has 170 valence electrons. The van der Waals surface area contributed by atoms with E-state index >= 15 is 0 Å². The Hall–Kier alpha value is -3.94.